The van der Waals surface area contributed by atoms with Gasteiger partial charge >= 0.3 is 5.97 Å². The zero-order valence-corrected chi connectivity index (χ0v) is 14.5. The highest BCUT2D eigenvalue weighted by Crippen LogP contribution is 2.54. The largest absolute Gasteiger partial charge is 0.462 e. The summed E-state index contributed by atoms with van der Waals surface area (Å²) in [6.07, 6.45) is 7.00. The molecule has 130 valence electrons. The third kappa shape index (κ3) is 3.43. The molecule has 0 N–H and O–H groups in total. The second-order valence-electron chi connectivity index (χ2n) is 8.13. The molecule has 0 aromatic carbocycles. The van der Waals surface area contributed by atoms with Gasteiger partial charge in [0.15, 0.2) is 9.84 Å². The number of carbonyl (C=O) groups is 1. The quantitative estimate of drug-likeness (QED) is 0.725. The van der Waals surface area contributed by atoms with Gasteiger partial charge in [0.25, 0.3) is 0 Å². The minimum Gasteiger partial charge on any atom is -0.462 e. The van der Waals surface area contributed by atoms with Crippen LogP contribution in [0.25, 0.3) is 0 Å². The SMILES string of the molecule is O=C(CCN1CCS(=O)(=O)CC1)OC1C2CC3CC(C2)CC1C3. The van der Waals surface area contributed by atoms with Crippen molar-refractivity contribution in [1.29, 1.82) is 0 Å². The molecular formula is C17H27NO4S. The topological polar surface area (TPSA) is 63.7 Å². The van der Waals surface area contributed by atoms with Crippen molar-refractivity contribution in [2.45, 2.75) is 44.6 Å². The summed E-state index contributed by atoms with van der Waals surface area (Å²) >= 11 is 0. The van der Waals surface area contributed by atoms with Gasteiger partial charge in [-0.25, -0.2) is 8.42 Å². The second-order valence-corrected chi connectivity index (χ2v) is 10.4. The van der Waals surface area contributed by atoms with Gasteiger partial charge in [-0.15, -0.1) is 0 Å². The Balaban J connectivity index is 1.25. The number of nitrogens with zero attached hydrogens (tertiary/aromatic N) is 1. The molecule has 23 heavy (non-hydrogen) atoms. The van der Waals surface area contributed by atoms with E-state index in [0.717, 1.165) is 11.8 Å². The molecule has 0 atom stereocenters. The molecule has 5 aliphatic rings. The third-order valence-electron chi connectivity index (χ3n) is 6.48. The van der Waals surface area contributed by atoms with Gasteiger partial charge in [-0.2, -0.15) is 0 Å². The first kappa shape index (κ1) is 15.9. The zero-order valence-electron chi connectivity index (χ0n) is 13.7. The van der Waals surface area contributed by atoms with Crippen molar-refractivity contribution < 1.29 is 17.9 Å². The second kappa shape index (κ2) is 6.03. The van der Waals surface area contributed by atoms with Crippen LogP contribution in [0.4, 0.5) is 0 Å². The van der Waals surface area contributed by atoms with Crippen molar-refractivity contribution in [2.24, 2.45) is 23.7 Å². The van der Waals surface area contributed by atoms with Crippen LogP contribution in [0.5, 0.6) is 0 Å². The van der Waals surface area contributed by atoms with E-state index >= 15 is 0 Å². The number of hydrogen-bond donors (Lipinski definition) is 0. The van der Waals surface area contributed by atoms with E-state index in [1.165, 1.54) is 32.1 Å². The van der Waals surface area contributed by atoms with Crippen LogP contribution in [-0.4, -0.2) is 56.5 Å². The molecule has 5 fully saturated rings. The van der Waals surface area contributed by atoms with Crippen LogP contribution in [0.2, 0.25) is 0 Å². The van der Waals surface area contributed by atoms with Crippen LogP contribution in [0.15, 0.2) is 0 Å². The maximum atomic E-state index is 12.2. The Kier molecular flexibility index (Phi) is 4.16. The minimum atomic E-state index is -2.85. The molecule has 4 aliphatic carbocycles. The first-order valence-corrected chi connectivity index (χ1v) is 10.9. The highest BCUT2D eigenvalue weighted by molar-refractivity contribution is 7.91. The normalized spacial score (nSPS) is 41.8. The summed E-state index contributed by atoms with van der Waals surface area (Å²) in [5.74, 6) is 3.35. The fourth-order valence-electron chi connectivity index (χ4n) is 5.50. The van der Waals surface area contributed by atoms with Gasteiger partial charge in [0.05, 0.1) is 17.9 Å². The summed E-state index contributed by atoms with van der Waals surface area (Å²) in [5.41, 5.74) is 0. The molecule has 6 heteroatoms. The molecule has 4 bridgehead atoms. The van der Waals surface area contributed by atoms with Crippen LogP contribution >= 0.6 is 0 Å². The Morgan fingerprint density at radius 2 is 1.52 bits per heavy atom. The van der Waals surface area contributed by atoms with Gasteiger partial charge in [-0.05, 0) is 55.8 Å². The van der Waals surface area contributed by atoms with Crippen LogP contribution in [0.1, 0.15) is 38.5 Å². The van der Waals surface area contributed by atoms with Crippen LogP contribution in [-0.2, 0) is 19.4 Å². The van der Waals surface area contributed by atoms with Gasteiger partial charge in [-0.3, -0.25) is 4.79 Å². The summed E-state index contributed by atoms with van der Waals surface area (Å²) in [6, 6.07) is 0. The number of carbonyl (C=O) groups excluding carboxylic acids is 1. The predicted molar refractivity (Wildman–Crippen MR) is 86.6 cm³/mol. The maximum absolute atomic E-state index is 12.2. The summed E-state index contributed by atoms with van der Waals surface area (Å²) in [4.78, 5) is 14.3. The van der Waals surface area contributed by atoms with E-state index in [1.54, 1.807) is 0 Å². The number of rotatable bonds is 4. The maximum Gasteiger partial charge on any atom is 0.307 e. The fourth-order valence-corrected chi connectivity index (χ4v) is 6.78. The average Bonchev–Trinajstić information content (AvgIpc) is 2.49. The molecule has 0 radical (unpaired) electrons. The Hall–Kier alpha value is -0.620. The predicted octanol–water partition coefficient (Wildman–Crippen LogP) is 1.47. The summed E-state index contributed by atoms with van der Waals surface area (Å²) in [5, 5.41) is 0. The minimum absolute atomic E-state index is 0.0871. The van der Waals surface area contributed by atoms with Gasteiger partial charge in [0.2, 0.25) is 0 Å². The standard InChI is InChI=1S/C17H27NO4S/c19-16(1-2-18-3-5-23(20,21)6-4-18)22-17-14-8-12-7-13(10-14)11-15(17)9-12/h12-15,17H,1-11H2. The van der Waals surface area contributed by atoms with Crippen molar-refractivity contribution in [2.75, 3.05) is 31.1 Å². The van der Waals surface area contributed by atoms with Crippen molar-refractivity contribution in [3.8, 4) is 0 Å². The number of esters is 1. The highest BCUT2D eigenvalue weighted by atomic mass is 32.2. The Morgan fingerprint density at radius 3 is 2.09 bits per heavy atom. The van der Waals surface area contributed by atoms with Crippen LogP contribution < -0.4 is 0 Å². The zero-order chi connectivity index (χ0) is 16.0. The Labute approximate surface area is 138 Å². The smallest absolute Gasteiger partial charge is 0.307 e. The van der Waals surface area contributed by atoms with E-state index in [4.69, 9.17) is 4.74 Å². The number of ether oxygens (including phenoxy) is 1. The van der Waals surface area contributed by atoms with Crippen LogP contribution in [0.3, 0.4) is 0 Å². The molecule has 0 amide bonds. The van der Waals surface area contributed by atoms with E-state index in [0.29, 0.717) is 37.9 Å². The van der Waals surface area contributed by atoms with Gasteiger partial charge in [0, 0.05) is 19.6 Å². The van der Waals surface area contributed by atoms with Crippen molar-refractivity contribution >= 4 is 15.8 Å². The fraction of sp³-hybridized carbons (Fsp3) is 0.941. The molecule has 0 aromatic rings. The molecule has 0 unspecified atom stereocenters. The first-order chi connectivity index (χ1) is 11.0. The lowest BCUT2D eigenvalue weighted by Crippen LogP contribution is -2.50. The van der Waals surface area contributed by atoms with E-state index < -0.39 is 9.84 Å². The lowest BCUT2D eigenvalue weighted by Gasteiger charge is -2.53. The lowest BCUT2D eigenvalue weighted by atomic mass is 9.55. The van der Waals surface area contributed by atoms with Crippen molar-refractivity contribution in [3.63, 3.8) is 0 Å². The Morgan fingerprint density at radius 1 is 0.957 bits per heavy atom. The lowest BCUT2D eigenvalue weighted by molar-refractivity contribution is -0.171. The molecule has 0 aromatic heterocycles. The number of sulfone groups is 1. The first-order valence-electron chi connectivity index (χ1n) is 9.11. The van der Waals surface area contributed by atoms with Gasteiger partial charge in [0.1, 0.15) is 6.10 Å². The molecule has 5 nitrogen and oxygen atoms in total. The molecule has 4 saturated carbocycles. The summed E-state index contributed by atoms with van der Waals surface area (Å²) in [6.45, 7) is 1.73. The molecular weight excluding hydrogens is 314 g/mol. The van der Waals surface area contributed by atoms with Gasteiger partial charge < -0.3 is 9.64 Å². The van der Waals surface area contributed by atoms with E-state index in [1.807, 2.05) is 0 Å². The van der Waals surface area contributed by atoms with Crippen molar-refractivity contribution in [3.05, 3.63) is 0 Å². The monoisotopic (exact) mass is 341 g/mol. The van der Waals surface area contributed by atoms with E-state index in [2.05, 4.69) is 4.90 Å². The van der Waals surface area contributed by atoms with Crippen LogP contribution in [0, 0.1) is 23.7 Å². The average molecular weight is 341 g/mol. The molecule has 1 saturated heterocycles. The Bertz CT molecular complexity index is 531. The summed E-state index contributed by atoms with van der Waals surface area (Å²) < 4.78 is 28.7. The highest BCUT2D eigenvalue weighted by Gasteiger charge is 2.49. The van der Waals surface area contributed by atoms with Gasteiger partial charge in [-0.1, -0.05) is 0 Å². The number of hydrogen-bond acceptors (Lipinski definition) is 5. The molecule has 5 rings (SSSR count). The van der Waals surface area contributed by atoms with E-state index in [-0.39, 0.29) is 23.6 Å². The van der Waals surface area contributed by atoms with Crippen molar-refractivity contribution in [1.82, 2.24) is 4.90 Å². The summed E-state index contributed by atoms with van der Waals surface area (Å²) in [7, 11) is -2.85. The molecule has 1 aliphatic heterocycles. The molecule has 1 heterocycles. The van der Waals surface area contributed by atoms with E-state index in [9.17, 15) is 13.2 Å². The third-order valence-corrected chi connectivity index (χ3v) is 8.09. The molecule has 0 spiro atoms.